The number of amides is 1. The maximum atomic E-state index is 13.1. The van der Waals surface area contributed by atoms with Crippen LogP contribution in [0.1, 0.15) is 28.7 Å². The predicted octanol–water partition coefficient (Wildman–Crippen LogP) is 4.27. The van der Waals surface area contributed by atoms with Gasteiger partial charge < -0.3 is 9.80 Å². The summed E-state index contributed by atoms with van der Waals surface area (Å²) in [4.78, 5) is 21.5. The van der Waals surface area contributed by atoms with Crippen molar-refractivity contribution >= 4 is 34.2 Å². The highest BCUT2D eigenvalue weighted by Crippen LogP contribution is 2.25. The topological polar surface area (TPSA) is 49.3 Å². The molecule has 0 bridgehead atoms. The zero-order valence-electron chi connectivity index (χ0n) is 15.9. The van der Waals surface area contributed by atoms with Gasteiger partial charge in [0.2, 0.25) is 5.13 Å². The van der Waals surface area contributed by atoms with Crippen LogP contribution in [0, 0.1) is 5.82 Å². The molecule has 1 aliphatic heterocycles. The molecule has 1 aromatic heterocycles. The van der Waals surface area contributed by atoms with Crippen molar-refractivity contribution in [2.75, 3.05) is 24.5 Å². The molecule has 1 aliphatic rings. The maximum Gasteiger partial charge on any atom is 0.255 e. The van der Waals surface area contributed by atoms with Gasteiger partial charge in [0.15, 0.2) is 0 Å². The van der Waals surface area contributed by atoms with Crippen LogP contribution in [0.5, 0.6) is 0 Å². The van der Waals surface area contributed by atoms with E-state index >= 15 is 0 Å². The molecule has 1 unspecified atom stereocenters. The molecule has 1 fully saturated rings. The molecule has 150 valence electrons. The van der Waals surface area contributed by atoms with Gasteiger partial charge in [-0.05, 0) is 36.8 Å². The van der Waals surface area contributed by atoms with E-state index in [0.717, 1.165) is 16.5 Å². The van der Waals surface area contributed by atoms with Gasteiger partial charge in [0.05, 0.1) is 10.6 Å². The van der Waals surface area contributed by atoms with Gasteiger partial charge in [-0.3, -0.25) is 4.79 Å². The summed E-state index contributed by atoms with van der Waals surface area (Å²) in [5.74, 6) is 0.426. The molecule has 2 aromatic carbocycles. The van der Waals surface area contributed by atoms with Crippen LogP contribution in [-0.2, 0) is 6.42 Å². The summed E-state index contributed by atoms with van der Waals surface area (Å²) in [6.45, 7) is 3.99. The van der Waals surface area contributed by atoms with Crippen LogP contribution in [0.15, 0.2) is 48.5 Å². The SMILES string of the molecule is CC1CN(c2nc(Cc3ccc(F)cc3)ns2)CCN1C(=O)c1ccccc1Cl. The minimum absolute atomic E-state index is 0.0250. The van der Waals surface area contributed by atoms with Gasteiger partial charge in [0, 0.05) is 43.6 Å². The highest BCUT2D eigenvalue weighted by atomic mass is 35.5. The Labute approximate surface area is 177 Å². The standard InChI is InChI=1S/C21H20ClFN4OS/c1-14-13-26(10-11-27(14)20(28)17-4-2-3-5-18(17)22)21-24-19(25-29-21)12-15-6-8-16(23)9-7-15/h2-9,14H,10-13H2,1H3. The second-order valence-corrected chi connectivity index (χ2v) is 8.21. The fourth-order valence-corrected chi connectivity index (χ4v) is 4.39. The van der Waals surface area contributed by atoms with Gasteiger partial charge in [-0.25, -0.2) is 9.37 Å². The first kappa shape index (κ1) is 19.8. The molecule has 5 nitrogen and oxygen atoms in total. The van der Waals surface area contributed by atoms with E-state index in [9.17, 15) is 9.18 Å². The molecule has 0 radical (unpaired) electrons. The number of aromatic nitrogens is 2. The highest BCUT2D eigenvalue weighted by Gasteiger charge is 2.30. The average Bonchev–Trinajstić information content (AvgIpc) is 3.18. The fraction of sp³-hybridized carbons (Fsp3) is 0.286. The van der Waals surface area contributed by atoms with E-state index in [1.807, 2.05) is 24.0 Å². The van der Waals surface area contributed by atoms with Crippen LogP contribution in [0.3, 0.4) is 0 Å². The lowest BCUT2D eigenvalue weighted by Gasteiger charge is -2.39. The molecule has 1 atom stereocenters. The smallest absolute Gasteiger partial charge is 0.255 e. The molecule has 3 aromatic rings. The number of rotatable bonds is 4. The van der Waals surface area contributed by atoms with Gasteiger partial charge in [0.25, 0.3) is 5.91 Å². The number of hydrogen-bond donors (Lipinski definition) is 0. The average molecular weight is 431 g/mol. The molecule has 0 aliphatic carbocycles. The van der Waals surface area contributed by atoms with Crippen LogP contribution in [0.4, 0.5) is 9.52 Å². The van der Waals surface area contributed by atoms with Gasteiger partial charge >= 0.3 is 0 Å². The van der Waals surface area contributed by atoms with Crippen molar-refractivity contribution in [2.24, 2.45) is 0 Å². The third-order valence-electron chi connectivity index (χ3n) is 5.00. The normalized spacial score (nSPS) is 16.9. The Morgan fingerprint density at radius 3 is 2.69 bits per heavy atom. The zero-order valence-corrected chi connectivity index (χ0v) is 17.5. The zero-order chi connectivity index (χ0) is 20.4. The summed E-state index contributed by atoms with van der Waals surface area (Å²) in [6.07, 6.45) is 0.567. The van der Waals surface area contributed by atoms with E-state index in [-0.39, 0.29) is 17.8 Å². The Hall–Kier alpha value is -2.51. The first-order chi connectivity index (χ1) is 14.0. The molecular formula is C21H20ClFN4OS. The first-order valence-electron chi connectivity index (χ1n) is 9.39. The highest BCUT2D eigenvalue weighted by molar-refractivity contribution is 7.09. The van der Waals surface area contributed by atoms with Crippen LogP contribution in [0.25, 0.3) is 0 Å². The fourth-order valence-electron chi connectivity index (χ4n) is 3.45. The summed E-state index contributed by atoms with van der Waals surface area (Å²) in [5, 5.41) is 1.32. The van der Waals surface area contributed by atoms with Crippen molar-refractivity contribution in [1.29, 1.82) is 0 Å². The van der Waals surface area contributed by atoms with Crippen molar-refractivity contribution < 1.29 is 9.18 Å². The number of anilines is 1. The number of carbonyl (C=O) groups excluding carboxylic acids is 1. The van der Waals surface area contributed by atoms with E-state index in [1.165, 1.54) is 23.7 Å². The van der Waals surface area contributed by atoms with Gasteiger partial charge in [0.1, 0.15) is 11.6 Å². The second-order valence-electron chi connectivity index (χ2n) is 7.07. The van der Waals surface area contributed by atoms with Gasteiger partial charge in [-0.2, -0.15) is 4.37 Å². The lowest BCUT2D eigenvalue weighted by Crippen LogP contribution is -2.54. The largest absolute Gasteiger partial charge is 0.343 e. The summed E-state index contributed by atoms with van der Waals surface area (Å²) in [7, 11) is 0. The second kappa shape index (κ2) is 8.47. The Kier molecular flexibility index (Phi) is 5.78. The Morgan fingerprint density at radius 2 is 1.97 bits per heavy atom. The number of carbonyl (C=O) groups is 1. The minimum Gasteiger partial charge on any atom is -0.343 e. The van der Waals surface area contributed by atoms with Gasteiger partial charge in [-0.15, -0.1) is 0 Å². The molecule has 0 saturated carbocycles. The number of hydrogen-bond acceptors (Lipinski definition) is 5. The van der Waals surface area contributed by atoms with E-state index in [2.05, 4.69) is 14.3 Å². The Morgan fingerprint density at radius 1 is 1.21 bits per heavy atom. The lowest BCUT2D eigenvalue weighted by molar-refractivity contribution is 0.0674. The van der Waals surface area contributed by atoms with E-state index < -0.39 is 0 Å². The number of halogens is 2. The summed E-state index contributed by atoms with van der Waals surface area (Å²) in [6, 6.07) is 13.5. The van der Waals surface area contributed by atoms with Crippen molar-refractivity contribution in [2.45, 2.75) is 19.4 Å². The molecule has 2 heterocycles. The quantitative estimate of drug-likeness (QED) is 0.620. The van der Waals surface area contributed by atoms with Gasteiger partial charge in [-0.1, -0.05) is 35.9 Å². The molecule has 0 spiro atoms. The number of piperazine rings is 1. The summed E-state index contributed by atoms with van der Waals surface area (Å²) in [5.41, 5.74) is 1.51. The molecular weight excluding hydrogens is 411 g/mol. The summed E-state index contributed by atoms with van der Waals surface area (Å²) < 4.78 is 17.5. The predicted molar refractivity (Wildman–Crippen MR) is 113 cm³/mol. The van der Waals surface area contributed by atoms with Crippen LogP contribution in [-0.4, -0.2) is 45.8 Å². The first-order valence-corrected chi connectivity index (χ1v) is 10.5. The molecule has 8 heteroatoms. The third-order valence-corrected chi connectivity index (χ3v) is 6.14. The lowest BCUT2D eigenvalue weighted by atomic mass is 10.1. The molecule has 4 rings (SSSR count). The van der Waals surface area contributed by atoms with Crippen molar-refractivity contribution in [3.8, 4) is 0 Å². The molecule has 1 saturated heterocycles. The van der Waals surface area contributed by atoms with Crippen molar-refractivity contribution in [3.63, 3.8) is 0 Å². The molecule has 0 N–H and O–H groups in total. The Bertz CT molecular complexity index is 1010. The summed E-state index contributed by atoms with van der Waals surface area (Å²) >= 11 is 7.55. The molecule has 29 heavy (non-hydrogen) atoms. The third kappa shape index (κ3) is 4.41. The van der Waals surface area contributed by atoms with Crippen molar-refractivity contribution in [3.05, 3.63) is 76.3 Å². The van der Waals surface area contributed by atoms with Crippen LogP contribution < -0.4 is 4.90 Å². The van der Waals surface area contributed by atoms with Crippen LogP contribution >= 0.6 is 23.1 Å². The number of benzene rings is 2. The maximum absolute atomic E-state index is 13.1. The van der Waals surface area contributed by atoms with Crippen LogP contribution in [0.2, 0.25) is 5.02 Å². The Balaban J connectivity index is 1.41. The van der Waals surface area contributed by atoms with E-state index in [0.29, 0.717) is 36.6 Å². The van der Waals surface area contributed by atoms with E-state index in [4.69, 9.17) is 11.6 Å². The number of nitrogens with zero attached hydrogens (tertiary/aromatic N) is 4. The van der Waals surface area contributed by atoms with E-state index in [1.54, 1.807) is 24.3 Å². The van der Waals surface area contributed by atoms with Crippen molar-refractivity contribution in [1.82, 2.24) is 14.3 Å². The minimum atomic E-state index is -0.251. The molecule has 1 amide bonds. The monoisotopic (exact) mass is 430 g/mol.